The number of aliphatic hydroxyl groups is 1. The van der Waals surface area contributed by atoms with E-state index in [1.54, 1.807) is 24.0 Å². The Morgan fingerprint density at radius 1 is 1.22 bits per heavy atom. The summed E-state index contributed by atoms with van der Waals surface area (Å²) < 4.78 is 18.8. The van der Waals surface area contributed by atoms with Crippen molar-refractivity contribution in [3.05, 3.63) is 52.9 Å². The highest BCUT2D eigenvalue weighted by atomic mass is 19.1. The number of rotatable bonds is 8. The van der Waals surface area contributed by atoms with Crippen LogP contribution in [0.3, 0.4) is 0 Å². The first-order chi connectivity index (χ1) is 17.3. The van der Waals surface area contributed by atoms with Crippen molar-refractivity contribution in [1.29, 1.82) is 0 Å². The molecule has 11 heteroatoms. The van der Waals surface area contributed by atoms with Gasteiger partial charge in [-0.1, -0.05) is 11.2 Å². The molecule has 2 aliphatic rings. The Labute approximate surface area is 208 Å². The largest absolute Gasteiger partial charge is 0.494 e. The van der Waals surface area contributed by atoms with Crippen molar-refractivity contribution in [3.63, 3.8) is 0 Å². The zero-order valence-corrected chi connectivity index (χ0v) is 20.3. The Bertz CT molecular complexity index is 1170. The molecule has 1 aromatic heterocycles. The summed E-state index contributed by atoms with van der Waals surface area (Å²) in [5, 5.41) is 13.8. The van der Waals surface area contributed by atoms with Gasteiger partial charge >= 0.3 is 0 Å². The summed E-state index contributed by atoms with van der Waals surface area (Å²) >= 11 is 0. The Hall–Kier alpha value is -3.60. The lowest BCUT2D eigenvalue weighted by Gasteiger charge is -2.38. The van der Waals surface area contributed by atoms with E-state index >= 15 is 0 Å². The third-order valence-corrected chi connectivity index (χ3v) is 6.81. The molecule has 0 radical (unpaired) electrons. The van der Waals surface area contributed by atoms with Gasteiger partial charge in [0.15, 0.2) is 11.6 Å². The third kappa shape index (κ3) is 5.62. The molecule has 0 bridgehead atoms. The number of hydrogen-bond donors (Lipinski definition) is 2. The molecule has 1 aliphatic carbocycles. The number of nitrogens with zero attached hydrogens (tertiary/aromatic N) is 4. The fourth-order valence-electron chi connectivity index (χ4n) is 4.94. The second-order valence-corrected chi connectivity index (χ2v) is 9.15. The predicted molar refractivity (Wildman–Crippen MR) is 128 cm³/mol. The predicted octanol–water partition coefficient (Wildman–Crippen LogP) is 2.10. The van der Waals surface area contributed by atoms with Crippen LogP contribution in [0.5, 0.6) is 5.75 Å². The van der Waals surface area contributed by atoms with Crippen LogP contribution in [-0.4, -0.2) is 63.4 Å². The number of halogens is 1. The lowest BCUT2D eigenvalue weighted by molar-refractivity contribution is -0.138. The molecule has 2 amide bonds. The molecule has 0 saturated heterocycles. The number of ether oxygens (including phenoxy) is 1. The molecule has 1 fully saturated rings. The van der Waals surface area contributed by atoms with Crippen LogP contribution in [0, 0.1) is 18.7 Å². The van der Waals surface area contributed by atoms with Gasteiger partial charge in [0.1, 0.15) is 29.9 Å². The standard InChI is InChI=1S/C25H30FN5O5/c1-14-28-19(10-21(29-14)25(27)34)20-11-22(36-30-20)16-4-6-17(7-5-16)31(24(33)13-32)12-15-3-8-18(26)23(9-15)35-2/h3,8-10,16-17,22,32H,4-7,11-13H2,1-2H3,(H2,27,34). The minimum Gasteiger partial charge on any atom is -0.494 e. The molecule has 1 aliphatic heterocycles. The third-order valence-electron chi connectivity index (χ3n) is 6.81. The number of carbonyl (C=O) groups is 2. The van der Waals surface area contributed by atoms with Crippen LogP contribution in [0.1, 0.15) is 59.7 Å². The van der Waals surface area contributed by atoms with Gasteiger partial charge in [-0.15, -0.1) is 0 Å². The molecule has 4 rings (SSSR count). The van der Waals surface area contributed by atoms with Crippen molar-refractivity contribution in [1.82, 2.24) is 14.9 Å². The summed E-state index contributed by atoms with van der Waals surface area (Å²) in [6, 6.07) is 5.97. The van der Waals surface area contributed by atoms with Crippen LogP contribution in [0.2, 0.25) is 0 Å². The lowest BCUT2D eigenvalue weighted by Crippen LogP contribution is -2.44. The first-order valence-electron chi connectivity index (χ1n) is 11.9. The Morgan fingerprint density at radius 2 is 1.97 bits per heavy atom. The fraction of sp³-hybridized carbons (Fsp3) is 0.480. The van der Waals surface area contributed by atoms with E-state index in [-0.39, 0.29) is 42.0 Å². The smallest absolute Gasteiger partial charge is 0.267 e. The van der Waals surface area contributed by atoms with Crippen molar-refractivity contribution in [2.45, 2.75) is 57.7 Å². The molecule has 10 nitrogen and oxygen atoms in total. The fourth-order valence-corrected chi connectivity index (χ4v) is 4.94. The number of amides is 2. The monoisotopic (exact) mass is 499 g/mol. The maximum absolute atomic E-state index is 13.8. The highest BCUT2D eigenvalue weighted by molar-refractivity contribution is 6.01. The number of aliphatic hydroxyl groups excluding tert-OH is 1. The molecule has 1 unspecified atom stereocenters. The van der Waals surface area contributed by atoms with Gasteiger partial charge in [0.2, 0.25) is 5.91 Å². The summed E-state index contributed by atoms with van der Waals surface area (Å²) in [4.78, 5) is 39.9. The quantitative estimate of drug-likeness (QED) is 0.567. The SMILES string of the molecule is COc1cc(CN(C(=O)CO)C2CCC(C3CC(c4cc(C(N)=O)nc(C)n4)=NO3)CC2)ccc1F. The number of carbonyl (C=O) groups excluding carboxylic acids is 2. The van der Waals surface area contributed by atoms with E-state index in [0.717, 1.165) is 31.2 Å². The second-order valence-electron chi connectivity index (χ2n) is 9.15. The van der Waals surface area contributed by atoms with Crippen LogP contribution < -0.4 is 10.5 Å². The highest BCUT2D eigenvalue weighted by Gasteiger charge is 2.36. The molecular weight excluding hydrogens is 469 g/mol. The lowest BCUT2D eigenvalue weighted by atomic mass is 9.80. The number of hydrogen-bond acceptors (Lipinski definition) is 8. The summed E-state index contributed by atoms with van der Waals surface area (Å²) in [7, 11) is 1.39. The maximum Gasteiger partial charge on any atom is 0.267 e. The van der Waals surface area contributed by atoms with E-state index < -0.39 is 18.3 Å². The first kappa shape index (κ1) is 25.5. The van der Waals surface area contributed by atoms with E-state index in [4.69, 9.17) is 15.3 Å². The first-order valence-corrected chi connectivity index (χ1v) is 11.9. The molecule has 1 saturated carbocycles. The molecule has 36 heavy (non-hydrogen) atoms. The van der Waals surface area contributed by atoms with Crippen molar-refractivity contribution in [2.75, 3.05) is 13.7 Å². The van der Waals surface area contributed by atoms with E-state index in [9.17, 15) is 19.1 Å². The van der Waals surface area contributed by atoms with Crippen LogP contribution in [0.25, 0.3) is 0 Å². The Kier molecular flexibility index (Phi) is 7.78. The van der Waals surface area contributed by atoms with Crippen molar-refractivity contribution in [2.24, 2.45) is 16.8 Å². The molecular formula is C25H30FN5O5. The number of aryl methyl sites for hydroxylation is 1. The van der Waals surface area contributed by atoms with Gasteiger partial charge in [-0.25, -0.2) is 14.4 Å². The summed E-state index contributed by atoms with van der Waals surface area (Å²) in [6.07, 6.45) is 3.53. The number of primary amides is 1. The van der Waals surface area contributed by atoms with Crippen molar-refractivity contribution >= 4 is 17.5 Å². The van der Waals surface area contributed by atoms with Crippen molar-refractivity contribution in [3.8, 4) is 5.75 Å². The summed E-state index contributed by atoms with van der Waals surface area (Å²) in [6.45, 7) is 1.35. The van der Waals surface area contributed by atoms with Gasteiger partial charge < -0.3 is 25.3 Å². The van der Waals surface area contributed by atoms with Crippen LogP contribution in [-0.2, 0) is 16.2 Å². The van der Waals surface area contributed by atoms with Gasteiger partial charge in [0.05, 0.1) is 12.8 Å². The van der Waals surface area contributed by atoms with E-state index in [1.807, 2.05) is 0 Å². The summed E-state index contributed by atoms with van der Waals surface area (Å²) in [5.41, 5.74) is 7.41. The molecule has 1 aromatic carbocycles. The molecule has 3 N–H and O–H groups in total. The van der Waals surface area contributed by atoms with Gasteiger partial charge in [-0.05, 0) is 62.3 Å². The number of nitrogens with two attached hydrogens (primary N) is 1. The van der Waals surface area contributed by atoms with Crippen LogP contribution >= 0.6 is 0 Å². The molecule has 0 spiro atoms. The molecule has 2 heterocycles. The topological polar surface area (TPSA) is 140 Å². The molecule has 192 valence electrons. The van der Waals surface area contributed by atoms with E-state index in [2.05, 4.69) is 15.1 Å². The van der Waals surface area contributed by atoms with Gasteiger partial charge in [0.25, 0.3) is 5.91 Å². The second kappa shape index (κ2) is 11.0. The van der Waals surface area contributed by atoms with E-state index in [0.29, 0.717) is 23.7 Å². The van der Waals surface area contributed by atoms with Gasteiger partial charge in [-0.3, -0.25) is 9.59 Å². The van der Waals surface area contributed by atoms with E-state index in [1.165, 1.54) is 19.2 Å². The van der Waals surface area contributed by atoms with Crippen LogP contribution in [0.15, 0.2) is 29.4 Å². The van der Waals surface area contributed by atoms with Gasteiger partial charge in [0, 0.05) is 19.0 Å². The highest BCUT2D eigenvalue weighted by Crippen LogP contribution is 2.35. The average Bonchev–Trinajstić information content (AvgIpc) is 3.38. The zero-order valence-electron chi connectivity index (χ0n) is 20.3. The number of methoxy groups -OCH3 is 1. The number of aromatic nitrogens is 2. The summed E-state index contributed by atoms with van der Waals surface area (Å²) in [5.74, 6) is -0.684. The average molecular weight is 500 g/mol. The maximum atomic E-state index is 13.8. The Balaban J connectivity index is 1.38. The molecule has 1 atom stereocenters. The molecule has 2 aromatic rings. The normalized spacial score (nSPS) is 21.4. The minimum atomic E-state index is -0.628. The Morgan fingerprint density at radius 3 is 2.64 bits per heavy atom. The zero-order chi connectivity index (χ0) is 25.8. The van der Waals surface area contributed by atoms with Gasteiger partial charge in [-0.2, -0.15) is 0 Å². The van der Waals surface area contributed by atoms with Crippen LogP contribution in [0.4, 0.5) is 4.39 Å². The number of oxime groups is 1. The minimum absolute atomic E-state index is 0.0543. The van der Waals surface area contributed by atoms with Crippen molar-refractivity contribution < 1.29 is 28.7 Å². The number of benzene rings is 1.